The molecule has 160 valence electrons. The molecular formula is C25H32N2O3. The number of amides is 1. The molecule has 2 aliphatic rings. The van der Waals surface area contributed by atoms with Crippen molar-refractivity contribution in [2.75, 3.05) is 26.3 Å². The van der Waals surface area contributed by atoms with Crippen molar-refractivity contribution in [3.63, 3.8) is 0 Å². The lowest BCUT2D eigenvalue weighted by Gasteiger charge is -2.46. The van der Waals surface area contributed by atoms with Crippen LogP contribution in [0.1, 0.15) is 44.1 Å². The van der Waals surface area contributed by atoms with Gasteiger partial charge >= 0.3 is 0 Å². The lowest BCUT2D eigenvalue weighted by molar-refractivity contribution is -0.147. The number of carbonyl (C=O) groups is 1. The molecule has 1 unspecified atom stereocenters. The minimum Gasteiger partial charge on any atom is -0.493 e. The van der Waals surface area contributed by atoms with Gasteiger partial charge in [-0.15, -0.1) is 0 Å². The molecule has 5 heteroatoms. The molecule has 3 heterocycles. The summed E-state index contributed by atoms with van der Waals surface area (Å²) in [7, 11) is 0. The van der Waals surface area contributed by atoms with Crippen molar-refractivity contribution in [3.8, 4) is 5.75 Å². The molecule has 2 aliphatic heterocycles. The first-order valence-electron chi connectivity index (χ1n) is 11.2. The van der Waals surface area contributed by atoms with Gasteiger partial charge in [-0.3, -0.25) is 9.78 Å². The Balaban J connectivity index is 1.20. The Morgan fingerprint density at radius 1 is 1.13 bits per heavy atom. The van der Waals surface area contributed by atoms with Gasteiger partial charge in [-0.2, -0.15) is 0 Å². The quantitative estimate of drug-likeness (QED) is 0.687. The van der Waals surface area contributed by atoms with E-state index in [1.165, 1.54) is 5.56 Å². The smallest absolute Gasteiger partial charge is 0.222 e. The van der Waals surface area contributed by atoms with Crippen molar-refractivity contribution in [2.24, 2.45) is 5.92 Å². The van der Waals surface area contributed by atoms with Crippen LogP contribution >= 0.6 is 0 Å². The number of hydrogen-bond donors (Lipinski definition) is 0. The number of hydrogen-bond acceptors (Lipinski definition) is 4. The predicted molar refractivity (Wildman–Crippen MR) is 116 cm³/mol. The van der Waals surface area contributed by atoms with Gasteiger partial charge < -0.3 is 14.4 Å². The number of carbonyl (C=O) groups excluding carboxylic acids is 1. The second-order valence-corrected chi connectivity index (χ2v) is 8.58. The number of ether oxygens (including phenoxy) is 2. The molecule has 4 rings (SSSR count). The lowest BCUT2D eigenvalue weighted by atomic mass is 9.78. The van der Waals surface area contributed by atoms with Gasteiger partial charge in [0, 0.05) is 38.5 Å². The summed E-state index contributed by atoms with van der Waals surface area (Å²) in [6.45, 7) is 3.18. The highest BCUT2D eigenvalue weighted by Crippen LogP contribution is 2.39. The van der Waals surface area contributed by atoms with E-state index in [-0.39, 0.29) is 11.5 Å². The zero-order valence-corrected chi connectivity index (χ0v) is 17.7. The number of benzene rings is 1. The molecule has 2 fully saturated rings. The van der Waals surface area contributed by atoms with Crippen molar-refractivity contribution < 1.29 is 14.3 Å². The fraction of sp³-hybridized carbons (Fsp3) is 0.520. The van der Waals surface area contributed by atoms with Crippen molar-refractivity contribution in [1.82, 2.24) is 9.88 Å². The first kappa shape index (κ1) is 20.9. The van der Waals surface area contributed by atoms with Crippen LogP contribution in [-0.2, 0) is 16.0 Å². The van der Waals surface area contributed by atoms with Gasteiger partial charge in [0.05, 0.1) is 12.2 Å². The minimum absolute atomic E-state index is 0.0458. The zero-order valence-electron chi connectivity index (χ0n) is 17.7. The SMILES string of the molecule is O=C(CCc1ccccc1)N1CCC2(CC1)CC(CCOc1ccncc1)CCO2. The Morgan fingerprint density at radius 2 is 1.90 bits per heavy atom. The number of piperidine rings is 1. The molecule has 30 heavy (non-hydrogen) atoms. The minimum atomic E-state index is -0.0458. The van der Waals surface area contributed by atoms with Gasteiger partial charge in [-0.1, -0.05) is 30.3 Å². The van der Waals surface area contributed by atoms with Crippen molar-refractivity contribution in [2.45, 2.75) is 50.5 Å². The Bertz CT molecular complexity index is 789. The number of pyridine rings is 1. The topological polar surface area (TPSA) is 51.7 Å². The third-order valence-electron chi connectivity index (χ3n) is 6.54. The van der Waals surface area contributed by atoms with Gasteiger partial charge in [0.25, 0.3) is 0 Å². The fourth-order valence-electron chi connectivity index (χ4n) is 4.72. The average Bonchev–Trinajstić information content (AvgIpc) is 2.80. The normalized spacial score (nSPS) is 20.8. The van der Waals surface area contributed by atoms with E-state index in [1.807, 2.05) is 35.2 Å². The molecule has 0 saturated carbocycles. The van der Waals surface area contributed by atoms with Crippen LogP contribution in [0.5, 0.6) is 5.75 Å². The highest BCUT2D eigenvalue weighted by Gasteiger charge is 2.40. The molecule has 0 radical (unpaired) electrons. The Hall–Kier alpha value is -2.40. The number of likely N-dealkylation sites (tertiary alicyclic amines) is 1. The number of aryl methyl sites for hydroxylation is 1. The molecule has 1 atom stereocenters. The van der Waals surface area contributed by atoms with Crippen molar-refractivity contribution >= 4 is 5.91 Å². The van der Waals surface area contributed by atoms with Crippen LogP contribution in [0.2, 0.25) is 0 Å². The Morgan fingerprint density at radius 3 is 2.67 bits per heavy atom. The summed E-state index contributed by atoms with van der Waals surface area (Å²) in [6.07, 6.45) is 10.1. The maximum absolute atomic E-state index is 12.6. The van der Waals surface area contributed by atoms with Crippen molar-refractivity contribution in [1.29, 1.82) is 0 Å². The molecule has 2 saturated heterocycles. The van der Waals surface area contributed by atoms with Gasteiger partial charge in [0.1, 0.15) is 5.75 Å². The zero-order chi connectivity index (χ0) is 20.7. The van der Waals surface area contributed by atoms with Crippen LogP contribution in [0.25, 0.3) is 0 Å². The summed E-state index contributed by atoms with van der Waals surface area (Å²) in [5.74, 6) is 1.78. The predicted octanol–water partition coefficient (Wildman–Crippen LogP) is 4.27. The van der Waals surface area contributed by atoms with E-state index in [2.05, 4.69) is 17.1 Å². The van der Waals surface area contributed by atoms with Crippen molar-refractivity contribution in [3.05, 3.63) is 60.4 Å². The van der Waals surface area contributed by atoms with Gasteiger partial charge in [0.15, 0.2) is 0 Å². The molecule has 0 N–H and O–H groups in total. The third-order valence-corrected chi connectivity index (χ3v) is 6.54. The second-order valence-electron chi connectivity index (χ2n) is 8.58. The molecule has 1 amide bonds. The number of nitrogens with zero attached hydrogens (tertiary/aromatic N) is 2. The maximum atomic E-state index is 12.6. The molecule has 2 aromatic rings. The van der Waals surface area contributed by atoms with Crippen LogP contribution < -0.4 is 4.74 Å². The fourth-order valence-corrected chi connectivity index (χ4v) is 4.72. The largest absolute Gasteiger partial charge is 0.493 e. The maximum Gasteiger partial charge on any atom is 0.222 e. The molecule has 1 aromatic heterocycles. The Labute approximate surface area is 179 Å². The molecule has 1 aromatic carbocycles. The standard InChI is InChI=1S/C25H32N2O3/c28-24(7-6-21-4-2-1-3-5-21)27-16-12-25(13-17-27)20-22(11-19-30-25)10-18-29-23-8-14-26-15-9-23/h1-5,8-9,14-15,22H,6-7,10-13,16-20H2. The first-order valence-corrected chi connectivity index (χ1v) is 11.2. The lowest BCUT2D eigenvalue weighted by Crippen LogP contribution is -2.51. The van der Waals surface area contributed by atoms with Gasteiger partial charge in [-0.05, 0) is 62.1 Å². The summed E-state index contributed by atoms with van der Waals surface area (Å²) in [6, 6.07) is 14.1. The summed E-state index contributed by atoms with van der Waals surface area (Å²) >= 11 is 0. The van der Waals surface area contributed by atoms with Crippen LogP contribution in [0.15, 0.2) is 54.9 Å². The second kappa shape index (κ2) is 10.1. The van der Waals surface area contributed by atoms with E-state index in [0.717, 1.165) is 70.6 Å². The van der Waals surface area contributed by atoms with E-state index in [1.54, 1.807) is 12.4 Å². The van der Waals surface area contributed by atoms with Gasteiger partial charge in [0.2, 0.25) is 5.91 Å². The monoisotopic (exact) mass is 408 g/mol. The Kier molecular flexibility index (Phi) is 7.00. The van der Waals surface area contributed by atoms with E-state index >= 15 is 0 Å². The first-order chi connectivity index (χ1) is 14.7. The summed E-state index contributed by atoms with van der Waals surface area (Å²) in [4.78, 5) is 18.7. The van der Waals surface area contributed by atoms with Crippen LogP contribution in [0, 0.1) is 5.92 Å². The van der Waals surface area contributed by atoms with E-state index in [0.29, 0.717) is 12.3 Å². The van der Waals surface area contributed by atoms with Crippen LogP contribution in [0.4, 0.5) is 0 Å². The number of rotatable bonds is 7. The summed E-state index contributed by atoms with van der Waals surface area (Å²) in [5, 5.41) is 0. The molecule has 1 spiro atoms. The van der Waals surface area contributed by atoms with E-state index in [4.69, 9.17) is 9.47 Å². The van der Waals surface area contributed by atoms with Gasteiger partial charge in [-0.25, -0.2) is 0 Å². The van der Waals surface area contributed by atoms with Crippen LogP contribution in [0.3, 0.4) is 0 Å². The van der Waals surface area contributed by atoms with E-state index < -0.39 is 0 Å². The highest BCUT2D eigenvalue weighted by atomic mass is 16.5. The highest BCUT2D eigenvalue weighted by molar-refractivity contribution is 5.76. The third kappa shape index (κ3) is 5.60. The number of aromatic nitrogens is 1. The molecule has 5 nitrogen and oxygen atoms in total. The molecule has 0 aliphatic carbocycles. The summed E-state index contributed by atoms with van der Waals surface area (Å²) in [5.41, 5.74) is 1.18. The van der Waals surface area contributed by atoms with E-state index in [9.17, 15) is 4.79 Å². The molecule has 0 bridgehead atoms. The van der Waals surface area contributed by atoms with Crippen LogP contribution in [-0.4, -0.2) is 47.7 Å². The summed E-state index contributed by atoms with van der Waals surface area (Å²) < 4.78 is 12.1. The molecular weight excluding hydrogens is 376 g/mol. The average molecular weight is 409 g/mol.